The minimum absolute atomic E-state index is 0.457. The molecule has 0 atom stereocenters. The molecule has 0 aliphatic heterocycles. The number of hydrogen-bond acceptors (Lipinski definition) is 4. The molecule has 0 saturated carbocycles. The van der Waals surface area contributed by atoms with Crippen LogP contribution in [0, 0.1) is 0 Å². The molecular weight excluding hydrogens is 377 g/mol. The molecule has 1 heterocycles. The van der Waals surface area contributed by atoms with E-state index in [2.05, 4.69) is 31.5 Å². The third-order valence-electron chi connectivity index (χ3n) is 2.80. The number of tetrazole rings is 1. The van der Waals surface area contributed by atoms with Crippen molar-refractivity contribution in [3.05, 3.63) is 50.9 Å². The fraction of sp³-hybridized carbons (Fsp3) is 0. The highest BCUT2D eigenvalue weighted by Gasteiger charge is 2.16. The van der Waals surface area contributed by atoms with E-state index in [1.807, 2.05) is 6.07 Å². The highest BCUT2D eigenvalue weighted by molar-refractivity contribution is 9.10. The van der Waals surface area contributed by atoms with Crippen LogP contribution in [0.2, 0.25) is 10.0 Å². The van der Waals surface area contributed by atoms with Crippen LogP contribution in [0.4, 0.5) is 5.69 Å². The van der Waals surface area contributed by atoms with Gasteiger partial charge < -0.3 is 5.73 Å². The monoisotopic (exact) mass is 383 g/mol. The Morgan fingerprint density at radius 3 is 2.48 bits per heavy atom. The Hall–Kier alpha value is -1.63. The Morgan fingerprint density at radius 2 is 1.81 bits per heavy atom. The molecule has 3 aromatic rings. The molecule has 0 aliphatic rings. The van der Waals surface area contributed by atoms with Crippen LogP contribution in [0.15, 0.2) is 40.9 Å². The van der Waals surface area contributed by atoms with E-state index in [1.165, 1.54) is 4.68 Å². The van der Waals surface area contributed by atoms with Gasteiger partial charge in [0.05, 0.1) is 10.0 Å². The maximum Gasteiger partial charge on any atom is 0.187 e. The van der Waals surface area contributed by atoms with E-state index in [0.717, 1.165) is 10.0 Å². The predicted octanol–water partition coefficient (Wildman–Crippen LogP) is 3.98. The number of benzene rings is 2. The Morgan fingerprint density at radius 1 is 1.10 bits per heavy atom. The van der Waals surface area contributed by atoms with Crippen molar-refractivity contribution in [2.24, 2.45) is 0 Å². The molecule has 1 aromatic heterocycles. The summed E-state index contributed by atoms with van der Waals surface area (Å²) in [6, 6.07) is 10.6. The topological polar surface area (TPSA) is 69.6 Å². The number of hydrogen-bond donors (Lipinski definition) is 1. The molecular formula is C13H8BrCl2N5. The Bertz CT molecular complexity index is 778. The SMILES string of the molecule is Nc1cc(Br)cc(-c2nnnn2-c2c(Cl)cccc2Cl)c1. The van der Waals surface area contributed by atoms with Crippen molar-refractivity contribution < 1.29 is 0 Å². The Balaban J connectivity index is 2.22. The molecule has 0 saturated heterocycles. The first kappa shape index (κ1) is 14.3. The highest BCUT2D eigenvalue weighted by Crippen LogP contribution is 2.32. The number of halogens is 3. The predicted molar refractivity (Wildman–Crippen MR) is 86.7 cm³/mol. The van der Waals surface area contributed by atoms with Crippen LogP contribution < -0.4 is 5.73 Å². The first-order valence-electron chi connectivity index (χ1n) is 5.85. The van der Waals surface area contributed by atoms with Gasteiger partial charge in [0.15, 0.2) is 5.82 Å². The zero-order chi connectivity index (χ0) is 15.0. The molecule has 0 spiro atoms. The van der Waals surface area contributed by atoms with Crippen molar-refractivity contribution in [2.45, 2.75) is 0 Å². The molecule has 0 fully saturated rings. The molecule has 5 nitrogen and oxygen atoms in total. The van der Waals surface area contributed by atoms with Crippen molar-refractivity contribution >= 4 is 44.8 Å². The standard InChI is InChI=1S/C13H8BrCl2N5/c14-8-4-7(5-9(17)6-8)13-18-19-20-21(13)12-10(15)2-1-3-11(12)16/h1-6H,17H2. The van der Waals surface area contributed by atoms with Gasteiger partial charge in [-0.15, -0.1) is 5.10 Å². The second kappa shape index (κ2) is 5.63. The fourth-order valence-corrected chi connectivity index (χ4v) is 3.02. The number of anilines is 1. The summed E-state index contributed by atoms with van der Waals surface area (Å²) in [6.07, 6.45) is 0. The number of aromatic nitrogens is 4. The number of nitrogens with two attached hydrogens (primary N) is 1. The highest BCUT2D eigenvalue weighted by atomic mass is 79.9. The van der Waals surface area contributed by atoms with Crippen LogP contribution in [0.25, 0.3) is 17.1 Å². The van der Waals surface area contributed by atoms with E-state index in [0.29, 0.717) is 27.2 Å². The smallest absolute Gasteiger partial charge is 0.187 e. The lowest BCUT2D eigenvalue weighted by molar-refractivity contribution is 0.791. The van der Waals surface area contributed by atoms with Gasteiger partial charge in [0.2, 0.25) is 0 Å². The third kappa shape index (κ3) is 2.74. The van der Waals surface area contributed by atoms with Gasteiger partial charge in [-0.2, -0.15) is 4.68 Å². The molecule has 2 aromatic carbocycles. The average molecular weight is 385 g/mol. The molecule has 0 radical (unpaired) electrons. The van der Waals surface area contributed by atoms with Gasteiger partial charge in [0, 0.05) is 15.7 Å². The van der Waals surface area contributed by atoms with Crippen molar-refractivity contribution in [3.63, 3.8) is 0 Å². The van der Waals surface area contributed by atoms with Gasteiger partial charge in [-0.3, -0.25) is 0 Å². The lowest BCUT2D eigenvalue weighted by atomic mass is 10.2. The number of rotatable bonds is 2. The molecule has 3 rings (SSSR count). The Kier molecular flexibility index (Phi) is 3.84. The molecule has 0 amide bonds. The minimum Gasteiger partial charge on any atom is -0.399 e. The molecule has 0 unspecified atom stereocenters. The van der Waals surface area contributed by atoms with E-state index in [-0.39, 0.29) is 0 Å². The maximum absolute atomic E-state index is 6.21. The molecule has 21 heavy (non-hydrogen) atoms. The molecule has 0 bridgehead atoms. The molecule has 0 aliphatic carbocycles. The summed E-state index contributed by atoms with van der Waals surface area (Å²) >= 11 is 15.8. The van der Waals surface area contributed by atoms with Crippen LogP contribution in [-0.4, -0.2) is 20.2 Å². The van der Waals surface area contributed by atoms with Gasteiger partial charge >= 0.3 is 0 Å². The maximum atomic E-state index is 6.21. The second-order valence-corrected chi connectivity index (χ2v) is 5.99. The zero-order valence-corrected chi connectivity index (χ0v) is 13.6. The summed E-state index contributed by atoms with van der Waals surface area (Å²) in [4.78, 5) is 0. The van der Waals surface area contributed by atoms with Crippen LogP contribution >= 0.6 is 39.1 Å². The van der Waals surface area contributed by atoms with Gasteiger partial charge in [0.25, 0.3) is 0 Å². The van der Waals surface area contributed by atoms with E-state index >= 15 is 0 Å². The zero-order valence-electron chi connectivity index (χ0n) is 10.5. The summed E-state index contributed by atoms with van der Waals surface area (Å²) < 4.78 is 2.32. The van der Waals surface area contributed by atoms with Gasteiger partial charge in [-0.25, -0.2) is 0 Å². The van der Waals surface area contributed by atoms with Gasteiger partial charge in [0.1, 0.15) is 5.69 Å². The summed E-state index contributed by atoms with van der Waals surface area (Å²) in [5.41, 5.74) is 7.73. The van der Waals surface area contributed by atoms with E-state index in [1.54, 1.807) is 30.3 Å². The third-order valence-corrected chi connectivity index (χ3v) is 3.86. The van der Waals surface area contributed by atoms with Crippen LogP contribution in [0.5, 0.6) is 0 Å². The van der Waals surface area contributed by atoms with Crippen molar-refractivity contribution in [1.29, 1.82) is 0 Å². The van der Waals surface area contributed by atoms with Crippen molar-refractivity contribution in [2.75, 3.05) is 5.73 Å². The molecule has 106 valence electrons. The first-order valence-corrected chi connectivity index (χ1v) is 7.40. The van der Waals surface area contributed by atoms with Crippen LogP contribution in [-0.2, 0) is 0 Å². The van der Waals surface area contributed by atoms with E-state index < -0.39 is 0 Å². The molecule has 2 N–H and O–H groups in total. The Labute approximate surface area is 138 Å². The van der Waals surface area contributed by atoms with E-state index in [9.17, 15) is 0 Å². The quantitative estimate of drug-likeness (QED) is 0.678. The fourth-order valence-electron chi connectivity index (χ4n) is 1.95. The number of nitrogens with zero attached hydrogens (tertiary/aromatic N) is 4. The summed E-state index contributed by atoms with van der Waals surface area (Å²) in [5, 5.41) is 12.6. The lowest BCUT2D eigenvalue weighted by Gasteiger charge is -2.09. The second-order valence-electron chi connectivity index (χ2n) is 4.26. The van der Waals surface area contributed by atoms with E-state index in [4.69, 9.17) is 28.9 Å². The summed E-state index contributed by atoms with van der Waals surface area (Å²) in [6.45, 7) is 0. The largest absolute Gasteiger partial charge is 0.399 e. The summed E-state index contributed by atoms with van der Waals surface area (Å²) in [5.74, 6) is 0.498. The van der Waals surface area contributed by atoms with Crippen LogP contribution in [0.3, 0.4) is 0 Å². The lowest BCUT2D eigenvalue weighted by Crippen LogP contribution is -2.02. The number of nitrogen functional groups attached to an aromatic ring is 1. The average Bonchev–Trinajstić information content (AvgIpc) is 2.86. The van der Waals surface area contributed by atoms with Crippen LogP contribution in [0.1, 0.15) is 0 Å². The minimum atomic E-state index is 0.457. The normalized spacial score (nSPS) is 10.8. The molecule has 8 heteroatoms. The van der Waals surface area contributed by atoms with Crippen molar-refractivity contribution in [1.82, 2.24) is 20.2 Å². The van der Waals surface area contributed by atoms with Gasteiger partial charge in [-0.1, -0.05) is 45.2 Å². The van der Waals surface area contributed by atoms with Crippen molar-refractivity contribution in [3.8, 4) is 17.1 Å². The van der Waals surface area contributed by atoms with Gasteiger partial charge in [-0.05, 0) is 40.8 Å². The number of para-hydroxylation sites is 1. The summed E-state index contributed by atoms with van der Waals surface area (Å²) in [7, 11) is 0. The first-order chi connectivity index (χ1) is 10.1.